The van der Waals surface area contributed by atoms with E-state index in [4.69, 9.17) is 19.9 Å². The Labute approximate surface area is 99.5 Å². The molecule has 1 saturated heterocycles. The molecule has 1 aliphatic rings. The number of hydrogen-bond acceptors (Lipinski definition) is 5. The van der Waals surface area contributed by atoms with E-state index in [0.29, 0.717) is 31.1 Å². The van der Waals surface area contributed by atoms with Crippen LogP contribution < -0.4 is 15.2 Å². The van der Waals surface area contributed by atoms with Gasteiger partial charge in [0.05, 0.1) is 13.7 Å². The molecule has 1 unspecified atom stereocenters. The number of benzene rings is 1. The molecule has 1 aliphatic heterocycles. The first-order valence-electron chi connectivity index (χ1n) is 5.45. The van der Waals surface area contributed by atoms with E-state index >= 15 is 0 Å². The zero-order valence-corrected chi connectivity index (χ0v) is 9.64. The lowest BCUT2D eigenvalue weighted by Crippen LogP contribution is -2.22. The highest BCUT2D eigenvalue weighted by Gasteiger charge is 2.28. The average Bonchev–Trinajstić information content (AvgIpc) is 2.75. The second-order valence-electron chi connectivity index (χ2n) is 3.74. The van der Waals surface area contributed by atoms with Crippen LogP contribution in [-0.4, -0.2) is 25.8 Å². The van der Waals surface area contributed by atoms with Crippen LogP contribution >= 0.6 is 0 Å². The summed E-state index contributed by atoms with van der Waals surface area (Å²) in [5, 5.41) is 0. The summed E-state index contributed by atoms with van der Waals surface area (Å²) in [5.74, 6) is 1.01. The van der Waals surface area contributed by atoms with Gasteiger partial charge in [-0.15, -0.1) is 0 Å². The third kappa shape index (κ3) is 2.50. The van der Waals surface area contributed by atoms with Crippen LogP contribution in [0.4, 0.5) is 0 Å². The molecule has 92 valence electrons. The van der Waals surface area contributed by atoms with Crippen molar-refractivity contribution in [2.24, 2.45) is 5.73 Å². The topological polar surface area (TPSA) is 70.8 Å². The van der Waals surface area contributed by atoms with Crippen molar-refractivity contribution in [3.63, 3.8) is 0 Å². The average molecular weight is 237 g/mol. The van der Waals surface area contributed by atoms with E-state index in [-0.39, 0.29) is 5.97 Å². The fourth-order valence-corrected chi connectivity index (χ4v) is 1.69. The van der Waals surface area contributed by atoms with Gasteiger partial charge in [-0.1, -0.05) is 0 Å². The van der Waals surface area contributed by atoms with Crippen LogP contribution in [0.2, 0.25) is 0 Å². The summed E-state index contributed by atoms with van der Waals surface area (Å²) in [6, 6.07) is 5.33. The summed E-state index contributed by atoms with van der Waals surface area (Å²) in [6.45, 7) is 0.742. The van der Waals surface area contributed by atoms with Crippen LogP contribution in [0.1, 0.15) is 12.0 Å². The van der Waals surface area contributed by atoms with Crippen molar-refractivity contribution in [1.82, 2.24) is 0 Å². The minimum atomic E-state index is -0.520. The lowest BCUT2D eigenvalue weighted by molar-refractivity contribution is -0.143. The van der Waals surface area contributed by atoms with E-state index in [0.717, 1.165) is 5.56 Å². The fourth-order valence-electron chi connectivity index (χ4n) is 1.69. The third-order valence-electron chi connectivity index (χ3n) is 2.64. The SMILES string of the molecule is COc1ccc(OC2CCOC2=O)c(CN)c1. The molecule has 2 N–H and O–H groups in total. The van der Waals surface area contributed by atoms with Gasteiger partial charge in [-0.25, -0.2) is 4.79 Å². The van der Waals surface area contributed by atoms with E-state index in [9.17, 15) is 4.79 Å². The van der Waals surface area contributed by atoms with Gasteiger partial charge in [-0.3, -0.25) is 0 Å². The quantitative estimate of drug-likeness (QED) is 0.786. The molecule has 0 aromatic heterocycles. The van der Waals surface area contributed by atoms with Gasteiger partial charge >= 0.3 is 5.97 Å². The summed E-state index contributed by atoms with van der Waals surface area (Å²) in [7, 11) is 1.59. The molecule has 5 nitrogen and oxygen atoms in total. The molecule has 0 radical (unpaired) electrons. The minimum Gasteiger partial charge on any atom is -0.497 e. The van der Waals surface area contributed by atoms with Crippen LogP contribution in [0.25, 0.3) is 0 Å². The number of rotatable bonds is 4. The molecule has 0 saturated carbocycles. The van der Waals surface area contributed by atoms with Crippen molar-refractivity contribution in [3.8, 4) is 11.5 Å². The summed E-state index contributed by atoms with van der Waals surface area (Å²) in [6.07, 6.45) is 0.0585. The second kappa shape index (κ2) is 5.05. The summed E-state index contributed by atoms with van der Waals surface area (Å²) < 4.78 is 15.5. The third-order valence-corrected chi connectivity index (χ3v) is 2.64. The summed E-state index contributed by atoms with van der Waals surface area (Å²) in [5.41, 5.74) is 6.44. The van der Waals surface area contributed by atoms with E-state index < -0.39 is 6.10 Å². The Kier molecular flexibility index (Phi) is 3.49. The van der Waals surface area contributed by atoms with E-state index in [1.165, 1.54) is 0 Å². The van der Waals surface area contributed by atoms with Gasteiger partial charge in [-0.05, 0) is 18.2 Å². The predicted molar refractivity (Wildman–Crippen MR) is 60.9 cm³/mol. The van der Waals surface area contributed by atoms with Crippen LogP contribution in [0.15, 0.2) is 18.2 Å². The maximum atomic E-state index is 11.3. The van der Waals surface area contributed by atoms with Crippen molar-refractivity contribution in [2.45, 2.75) is 19.1 Å². The predicted octanol–water partition coefficient (Wildman–Crippen LogP) is 0.848. The zero-order chi connectivity index (χ0) is 12.3. The Bertz CT molecular complexity index is 419. The molecular weight excluding hydrogens is 222 g/mol. The molecule has 1 aromatic carbocycles. The number of esters is 1. The largest absolute Gasteiger partial charge is 0.497 e. The maximum Gasteiger partial charge on any atom is 0.347 e. The molecule has 17 heavy (non-hydrogen) atoms. The van der Waals surface area contributed by atoms with E-state index in [1.807, 2.05) is 0 Å². The Morgan fingerprint density at radius 1 is 1.53 bits per heavy atom. The van der Waals surface area contributed by atoms with Crippen molar-refractivity contribution in [1.29, 1.82) is 0 Å². The lowest BCUT2D eigenvalue weighted by atomic mass is 10.2. The molecule has 0 bridgehead atoms. The van der Waals surface area contributed by atoms with Gasteiger partial charge in [0.15, 0.2) is 6.10 Å². The van der Waals surface area contributed by atoms with E-state index in [2.05, 4.69) is 0 Å². The first kappa shape index (κ1) is 11.7. The van der Waals surface area contributed by atoms with Gasteiger partial charge in [0.25, 0.3) is 0 Å². The number of cyclic esters (lactones) is 1. The molecular formula is C12H15NO4. The van der Waals surface area contributed by atoms with Gasteiger partial charge in [0.1, 0.15) is 11.5 Å². The zero-order valence-electron chi connectivity index (χ0n) is 9.64. The van der Waals surface area contributed by atoms with Crippen LogP contribution in [0.5, 0.6) is 11.5 Å². The van der Waals surface area contributed by atoms with Gasteiger partial charge in [0, 0.05) is 18.5 Å². The van der Waals surface area contributed by atoms with Gasteiger partial charge in [0.2, 0.25) is 0 Å². The molecule has 1 atom stereocenters. The highest BCUT2D eigenvalue weighted by Crippen LogP contribution is 2.26. The molecule has 5 heteroatoms. The first-order valence-corrected chi connectivity index (χ1v) is 5.45. The molecule has 0 amide bonds. The first-order chi connectivity index (χ1) is 8.24. The number of carbonyl (C=O) groups excluding carboxylic acids is 1. The van der Waals surface area contributed by atoms with Crippen molar-refractivity contribution < 1.29 is 19.0 Å². The number of nitrogens with two attached hydrogens (primary N) is 1. The fraction of sp³-hybridized carbons (Fsp3) is 0.417. The number of hydrogen-bond donors (Lipinski definition) is 1. The highest BCUT2D eigenvalue weighted by atomic mass is 16.6. The van der Waals surface area contributed by atoms with Crippen molar-refractivity contribution in [2.75, 3.05) is 13.7 Å². The highest BCUT2D eigenvalue weighted by molar-refractivity contribution is 5.76. The number of methoxy groups -OCH3 is 1. The van der Waals surface area contributed by atoms with Crippen molar-refractivity contribution in [3.05, 3.63) is 23.8 Å². The molecule has 2 rings (SSSR count). The Morgan fingerprint density at radius 3 is 2.94 bits per heavy atom. The van der Waals surface area contributed by atoms with Gasteiger partial charge < -0.3 is 19.9 Å². The molecule has 1 fully saturated rings. The lowest BCUT2D eigenvalue weighted by Gasteiger charge is -2.14. The Morgan fingerprint density at radius 2 is 2.35 bits per heavy atom. The summed E-state index contributed by atoms with van der Waals surface area (Å²) in [4.78, 5) is 11.3. The second-order valence-corrected chi connectivity index (χ2v) is 3.74. The van der Waals surface area contributed by atoms with Crippen molar-refractivity contribution >= 4 is 5.97 Å². The normalized spacial score (nSPS) is 18.9. The van der Waals surface area contributed by atoms with Crippen LogP contribution in [0.3, 0.4) is 0 Å². The minimum absolute atomic E-state index is 0.316. The molecule has 0 spiro atoms. The monoisotopic (exact) mass is 237 g/mol. The number of carbonyl (C=O) groups is 1. The van der Waals surface area contributed by atoms with Crippen LogP contribution in [-0.2, 0) is 16.1 Å². The van der Waals surface area contributed by atoms with E-state index in [1.54, 1.807) is 25.3 Å². The Hall–Kier alpha value is -1.75. The maximum absolute atomic E-state index is 11.3. The Balaban J connectivity index is 2.17. The summed E-state index contributed by atoms with van der Waals surface area (Å²) >= 11 is 0. The molecule has 1 heterocycles. The molecule has 1 aromatic rings. The number of ether oxygens (including phenoxy) is 3. The molecule has 0 aliphatic carbocycles. The standard InChI is InChI=1S/C12H15NO4/c1-15-9-2-3-10(8(6-9)7-13)17-11-4-5-16-12(11)14/h2-3,6,11H,4-5,7,13H2,1H3. The smallest absolute Gasteiger partial charge is 0.347 e. The van der Waals surface area contributed by atoms with Gasteiger partial charge in [-0.2, -0.15) is 0 Å². The van der Waals surface area contributed by atoms with Crippen LogP contribution in [0, 0.1) is 0 Å².